The second kappa shape index (κ2) is 9.19. The first kappa shape index (κ1) is 21.9. The Morgan fingerprint density at radius 3 is 2.71 bits per heavy atom. The minimum Gasteiger partial charge on any atom is -0.454 e. The van der Waals surface area contributed by atoms with Gasteiger partial charge in [0.05, 0.1) is 29.9 Å². The van der Waals surface area contributed by atoms with Gasteiger partial charge >= 0.3 is 0 Å². The quantitative estimate of drug-likeness (QED) is 0.507. The highest BCUT2D eigenvalue weighted by Gasteiger charge is 2.30. The number of ether oxygens (including phenoxy) is 2. The lowest BCUT2D eigenvalue weighted by molar-refractivity contribution is 0.0839. The topological polar surface area (TPSA) is 88.2 Å². The summed E-state index contributed by atoms with van der Waals surface area (Å²) in [4.78, 5) is 6.28. The van der Waals surface area contributed by atoms with Crippen molar-refractivity contribution in [1.29, 1.82) is 5.26 Å². The summed E-state index contributed by atoms with van der Waals surface area (Å²) in [7, 11) is 0. The van der Waals surface area contributed by atoms with Gasteiger partial charge in [-0.15, -0.1) is 0 Å². The molecular formula is C26H27FN6O2. The molecule has 0 bridgehead atoms. The van der Waals surface area contributed by atoms with Gasteiger partial charge in [0.2, 0.25) is 0 Å². The Kier molecular flexibility index (Phi) is 5.74. The third-order valence-electron chi connectivity index (χ3n) is 6.84. The summed E-state index contributed by atoms with van der Waals surface area (Å²) in [6, 6.07) is 11.2. The Morgan fingerprint density at radius 1 is 1.11 bits per heavy atom. The second-order valence-electron chi connectivity index (χ2n) is 9.48. The fourth-order valence-corrected chi connectivity index (χ4v) is 4.65. The van der Waals surface area contributed by atoms with Crippen LogP contribution in [0.15, 0.2) is 42.7 Å². The highest BCUT2D eigenvalue weighted by molar-refractivity contribution is 5.65. The van der Waals surface area contributed by atoms with Crippen LogP contribution in [0.1, 0.15) is 43.3 Å². The van der Waals surface area contributed by atoms with Crippen LogP contribution in [0.4, 0.5) is 21.6 Å². The molecule has 0 unspecified atom stereocenters. The largest absolute Gasteiger partial charge is 0.454 e. The van der Waals surface area contributed by atoms with Crippen molar-refractivity contribution in [2.45, 2.75) is 37.6 Å². The van der Waals surface area contributed by atoms with Gasteiger partial charge < -0.3 is 19.7 Å². The van der Waals surface area contributed by atoms with Crippen molar-refractivity contribution in [3.8, 4) is 17.6 Å². The average Bonchev–Trinajstić information content (AvgIpc) is 3.62. The normalized spacial score (nSPS) is 18.7. The number of nitriles is 1. The van der Waals surface area contributed by atoms with Crippen LogP contribution in [0.25, 0.3) is 0 Å². The number of benzene rings is 1. The Labute approximate surface area is 203 Å². The second-order valence-corrected chi connectivity index (χ2v) is 9.48. The molecule has 35 heavy (non-hydrogen) atoms. The standard InChI is InChI=1S/C26H27FN6O2/c27-22-4-1-19(11-23(22)32-14-17(13-28)15-32)30-25-12-21(5-8-29-25)35-24-16-33(20-2-3-20)31-26(24)18-6-9-34-10-7-18/h1,4-5,8,11-12,16-18,20H,2-3,6-7,9-10,14-15H2,(H,29,30). The molecule has 2 aliphatic heterocycles. The first-order chi connectivity index (χ1) is 17.2. The summed E-state index contributed by atoms with van der Waals surface area (Å²) < 4.78 is 28.3. The van der Waals surface area contributed by atoms with Gasteiger partial charge in [0.1, 0.15) is 23.1 Å². The van der Waals surface area contributed by atoms with Crippen LogP contribution in [0.3, 0.4) is 0 Å². The molecule has 2 aromatic heterocycles. The number of aromatic nitrogens is 3. The first-order valence-corrected chi connectivity index (χ1v) is 12.2. The highest BCUT2D eigenvalue weighted by atomic mass is 19.1. The maximum atomic E-state index is 14.4. The van der Waals surface area contributed by atoms with Gasteiger partial charge in [0, 0.05) is 50.2 Å². The Morgan fingerprint density at radius 2 is 1.94 bits per heavy atom. The zero-order valence-corrected chi connectivity index (χ0v) is 19.4. The Bertz CT molecular complexity index is 1250. The lowest BCUT2D eigenvalue weighted by Gasteiger charge is -2.37. The lowest BCUT2D eigenvalue weighted by Crippen LogP contribution is -2.46. The fraction of sp³-hybridized carbons (Fsp3) is 0.423. The van der Waals surface area contributed by atoms with Crippen LogP contribution in [0.2, 0.25) is 0 Å². The number of pyridine rings is 1. The Hall–Kier alpha value is -3.64. The monoisotopic (exact) mass is 474 g/mol. The van der Waals surface area contributed by atoms with E-state index in [1.807, 2.05) is 27.9 Å². The molecule has 1 aliphatic carbocycles. The van der Waals surface area contributed by atoms with Crippen LogP contribution in [-0.4, -0.2) is 41.1 Å². The summed E-state index contributed by atoms with van der Waals surface area (Å²) in [5.74, 6) is 2.03. The number of halogens is 1. The first-order valence-electron chi connectivity index (χ1n) is 12.2. The zero-order valence-electron chi connectivity index (χ0n) is 19.4. The minimum absolute atomic E-state index is 0.0446. The summed E-state index contributed by atoms with van der Waals surface area (Å²) in [5.41, 5.74) is 2.21. The van der Waals surface area contributed by atoms with Gasteiger partial charge in [-0.05, 0) is 49.9 Å². The van der Waals surface area contributed by atoms with E-state index in [1.54, 1.807) is 18.3 Å². The Balaban J connectivity index is 1.20. The third-order valence-corrected chi connectivity index (χ3v) is 6.84. The van der Waals surface area contributed by atoms with E-state index in [9.17, 15) is 4.39 Å². The molecule has 1 saturated carbocycles. The number of nitrogens with zero attached hydrogens (tertiary/aromatic N) is 5. The molecule has 0 spiro atoms. The number of hydrogen-bond acceptors (Lipinski definition) is 7. The van der Waals surface area contributed by atoms with E-state index in [1.165, 1.54) is 6.07 Å². The van der Waals surface area contributed by atoms with E-state index in [0.29, 0.717) is 42.3 Å². The molecule has 0 atom stereocenters. The van der Waals surface area contributed by atoms with Crippen LogP contribution in [0.5, 0.6) is 11.5 Å². The number of anilines is 3. The molecule has 1 N–H and O–H groups in total. The average molecular weight is 475 g/mol. The zero-order chi connectivity index (χ0) is 23.8. The molecule has 4 heterocycles. The van der Waals surface area contributed by atoms with Crippen molar-refractivity contribution in [1.82, 2.24) is 14.8 Å². The van der Waals surface area contributed by atoms with Gasteiger partial charge in [-0.1, -0.05) is 0 Å². The van der Waals surface area contributed by atoms with Crippen molar-refractivity contribution in [2.24, 2.45) is 5.92 Å². The van der Waals surface area contributed by atoms with E-state index in [4.69, 9.17) is 19.8 Å². The SMILES string of the molecule is N#CC1CN(c2cc(Nc3cc(Oc4cn(C5CC5)nc4C4CCOCC4)ccn3)ccc2F)C1. The van der Waals surface area contributed by atoms with Crippen molar-refractivity contribution in [3.63, 3.8) is 0 Å². The van der Waals surface area contributed by atoms with E-state index in [0.717, 1.165) is 56.0 Å². The van der Waals surface area contributed by atoms with Crippen LogP contribution >= 0.6 is 0 Å². The van der Waals surface area contributed by atoms with Gasteiger partial charge in [-0.25, -0.2) is 9.37 Å². The molecule has 3 aliphatic rings. The van der Waals surface area contributed by atoms with Gasteiger partial charge in [-0.3, -0.25) is 4.68 Å². The van der Waals surface area contributed by atoms with E-state index >= 15 is 0 Å². The summed E-state index contributed by atoms with van der Waals surface area (Å²) in [6.45, 7) is 2.58. The highest BCUT2D eigenvalue weighted by Crippen LogP contribution is 2.40. The molecule has 6 rings (SSSR count). The number of nitrogens with one attached hydrogen (secondary N) is 1. The molecular weight excluding hydrogens is 447 g/mol. The maximum absolute atomic E-state index is 14.4. The third kappa shape index (κ3) is 4.66. The molecule has 3 fully saturated rings. The molecule has 8 nitrogen and oxygen atoms in total. The predicted molar refractivity (Wildman–Crippen MR) is 129 cm³/mol. The number of hydrogen-bond donors (Lipinski definition) is 1. The van der Waals surface area contributed by atoms with Gasteiger partial charge in [0.15, 0.2) is 5.75 Å². The summed E-state index contributed by atoms with van der Waals surface area (Å²) in [6.07, 6.45) is 7.91. The predicted octanol–water partition coefficient (Wildman–Crippen LogP) is 5.14. The molecule has 2 saturated heterocycles. The molecule has 0 amide bonds. The molecule has 180 valence electrons. The van der Waals surface area contributed by atoms with Crippen molar-refractivity contribution < 1.29 is 13.9 Å². The van der Waals surface area contributed by atoms with E-state index < -0.39 is 0 Å². The van der Waals surface area contributed by atoms with Crippen molar-refractivity contribution in [2.75, 3.05) is 36.5 Å². The molecule has 9 heteroatoms. The van der Waals surface area contributed by atoms with Gasteiger partial charge in [0.25, 0.3) is 0 Å². The summed E-state index contributed by atoms with van der Waals surface area (Å²) in [5, 5.41) is 17.1. The summed E-state index contributed by atoms with van der Waals surface area (Å²) >= 11 is 0. The fourth-order valence-electron chi connectivity index (χ4n) is 4.65. The smallest absolute Gasteiger partial charge is 0.168 e. The van der Waals surface area contributed by atoms with Crippen LogP contribution in [0, 0.1) is 23.1 Å². The molecule has 0 radical (unpaired) electrons. The minimum atomic E-state index is -0.301. The molecule has 1 aromatic carbocycles. The van der Waals surface area contributed by atoms with Crippen molar-refractivity contribution >= 4 is 17.2 Å². The van der Waals surface area contributed by atoms with Crippen molar-refractivity contribution in [3.05, 3.63) is 54.2 Å². The van der Waals surface area contributed by atoms with E-state index in [2.05, 4.69) is 16.4 Å². The lowest BCUT2D eigenvalue weighted by atomic mass is 9.96. The maximum Gasteiger partial charge on any atom is 0.168 e. The van der Waals surface area contributed by atoms with Gasteiger partial charge in [-0.2, -0.15) is 10.4 Å². The van der Waals surface area contributed by atoms with E-state index in [-0.39, 0.29) is 11.7 Å². The number of rotatable bonds is 7. The van der Waals surface area contributed by atoms with Crippen LogP contribution < -0.4 is 15.0 Å². The van der Waals surface area contributed by atoms with Crippen LogP contribution in [-0.2, 0) is 4.74 Å². The molecule has 3 aromatic rings.